The van der Waals surface area contributed by atoms with Gasteiger partial charge in [-0.2, -0.15) is 5.26 Å². The fraction of sp³-hybridized carbons (Fsp3) is 0.273. The predicted octanol–water partition coefficient (Wildman–Crippen LogP) is 1.97. The summed E-state index contributed by atoms with van der Waals surface area (Å²) in [7, 11) is 2.36. The van der Waals surface area contributed by atoms with Crippen LogP contribution in [0, 0.1) is 17.2 Å². The van der Waals surface area contributed by atoms with Gasteiger partial charge in [0.05, 0.1) is 36.4 Å². The number of aromatic nitrogens is 1. The number of fused-ring (bicyclic) bond motifs is 1. The van der Waals surface area contributed by atoms with Gasteiger partial charge in [0.1, 0.15) is 18.6 Å². The van der Waals surface area contributed by atoms with Gasteiger partial charge in [0, 0.05) is 29.4 Å². The van der Waals surface area contributed by atoms with Crippen molar-refractivity contribution in [1.29, 1.82) is 5.26 Å². The zero-order valence-electron chi connectivity index (χ0n) is 17.5. The summed E-state index contributed by atoms with van der Waals surface area (Å²) >= 11 is 0. The number of hydrogen-bond acceptors (Lipinski definition) is 8. The summed E-state index contributed by atoms with van der Waals surface area (Å²) in [5.74, 6) is -3.70. The Morgan fingerprint density at radius 3 is 2.26 bits per heavy atom. The van der Waals surface area contributed by atoms with Crippen LogP contribution in [0.3, 0.4) is 0 Å². The molecule has 0 unspecified atom stereocenters. The number of rotatable bonds is 5. The van der Waals surface area contributed by atoms with Crippen LogP contribution < -0.4 is 5.32 Å². The van der Waals surface area contributed by atoms with E-state index in [1.54, 1.807) is 42.8 Å². The van der Waals surface area contributed by atoms with Gasteiger partial charge in [-0.25, -0.2) is 9.59 Å². The quantitative estimate of drug-likeness (QED) is 0.573. The number of ether oxygens (including phenoxy) is 3. The van der Waals surface area contributed by atoms with Gasteiger partial charge in [0.15, 0.2) is 0 Å². The minimum absolute atomic E-state index is 0.0407. The van der Waals surface area contributed by atoms with E-state index in [1.165, 1.54) is 14.2 Å². The molecule has 2 aromatic rings. The molecule has 3 heterocycles. The smallest absolute Gasteiger partial charge is 0.336 e. The number of pyridine rings is 1. The summed E-state index contributed by atoms with van der Waals surface area (Å²) in [5, 5.41) is 12.4. The van der Waals surface area contributed by atoms with E-state index in [0.717, 1.165) is 0 Å². The summed E-state index contributed by atoms with van der Waals surface area (Å²) in [5.41, 5.74) is 2.20. The van der Waals surface area contributed by atoms with Crippen LogP contribution in [-0.4, -0.2) is 36.5 Å². The topological polar surface area (TPSA) is 119 Å². The Bertz CT molecular complexity index is 1140. The van der Waals surface area contributed by atoms with Crippen molar-refractivity contribution < 1.29 is 28.6 Å². The highest BCUT2D eigenvalue weighted by molar-refractivity contribution is 6.05. The number of esters is 3. The number of carbonyl (C=O) groups is 3. The second-order valence-corrected chi connectivity index (χ2v) is 6.86. The summed E-state index contributed by atoms with van der Waals surface area (Å²) in [6, 6.07) is 7.51. The van der Waals surface area contributed by atoms with Crippen molar-refractivity contribution >= 4 is 23.4 Å². The first kappa shape index (κ1) is 21.6. The molecule has 0 radical (unpaired) electrons. The van der Waals surface area contributed by atoms with E-state index in [9.17, 15) is 19.6 Å². The molecule has 1 aliphatic rings. The van der Waals surface area contributed by atoms with Crippen LogP contribution in [0.25, 0.3) is 5.52 Å². The van der Waals surface area contributed by atoms with Gasteiger partial charge in [-0.05, 0) is 26.0 Å². The first-order valence-electron chi connectivity index (χ1n) is 9.34. The van der Waals surface area contributed by atoms with Gasteiger partial charge in [-0.3, -0.25) is 4.79 Å². The zero-order valence-corrected chi connectivity index (χ0v) is 17.5. The number of dihydropyridines is 1. The highest BCUT2D eigenvalue weighted by Crippen LogP contribution is 2.32. The van der Waals surface area contributed by atoms with E-state index in [1.807, 2.05) is 6.07 Å². The first-order valence-corrected chi connectivity index (χ1v) is 9.34. The standard InChI is InChI=1S/C22H21N3O6/c1-12-17(20(26)29-3)19(18(13(2)24-12)21(27)30-4)22(28)31-11-14-10-25-8-6-5-7-16(25)15(14)9-23/h5-8,10,19,24H,11H2,1-4H3. The Balaban J connectivity index is 1.97. The molecule has 3 rings (SSSR count). The van der Waals surface area contributed by atoms with E-state index >= 15 is 0 Å². The van der Waals surface area contributed by atoms with Gasteiger partial charge >= 0.3 is 17.9 Å². The lowest BCUT2D eigenvalue weighted by atomic mass is 9.85. The Kier molecular flexibility index (Phi) is 6.11. The van der Waals surface area contributed by atoms with Crippen molar-refractivity contribution in [3.05, 3.63) is 64.3 Å². The number of hydrogen-bond donors (Lipinski definition) is 1. The molecule has 0 atom stereocenters. The Labute approximate surface area is 178 Å². The number of nitrogens with one attached hydrogen (secondary N) is 1. The monoisotopic (exact) mass is 423 g/mol. The zero-order chi connectivity index (χ0) is 22.7. The minimum Gasteiger partial charge on any atom is -0.466 e. The Morgan fingerprint density at radius 1 is 1.10 bits per heavy atom. The van der Waals surface area contributed by atoms with Crippen molar-refractivity contribution in [2.24, 2.45) is 5.92 Å². The van der Waals surface area contributed by atoms with E-state index in [0.29, 0.717) is 28.0 Å². The first-order chi connectivity index (χ1) is 14.8. The third-order valence-corrected chi connectivity index (χ3v) is 5.05. The molecule has 31 heavy (non-hydrogen) atoms. The van der Waals surface area contributed by atoms with Crippen LogP contribution in [0.4, 0.5) is 0 Å². The molecule has 0 aliphatic carbocycles. The van der Waals surface area contributed by atoms with Gasteiger partial charge < -0.3 is 23.9 Å². The predicted molar refractivity (Wildman–Crippen MR) is 108 cm³/mol. The highest BCUT2D eigenvalue weighted by atomic mass is 16.5. The van der Waals surface area contributed by atoms with Crippen molar-refractivity contribution in [2.45, 2.75) is 20.5 Å². The molecular weight excluding hydrogens is 402 g/mol. The molecule has 0 spiro atoms. The summed E-state index contributed by atoms with van der Waals surface area (Å²) < 4.78 is 16.8. The molecule has 2 aromatic heterocycles. The van der Waals surface area contributed by atoms with Crippen molar-refractivity contribution in [3.8, 4) is 6.07 Å². The van der Waals surface area contributed by atoms with E-state index < -0.39 is 23.8 Å². The van der Waals surface area contributed by atoms with E-state index in [-0.39, 0.29) is 17.8 Å². The molecule has 1 N–H and O–H groups in total. The fourth-order valence-corrected chi connectivity index (χ4v) is 3.64. The van der Waals surface area contributed by atoms with Crippen LogP contribution in [0.5, 0.6) is 0 Å². The molecule has 9 nitrogen and oxygen atoms in total. The number of methoxy groups -OCH3 is 2. The summed E-state index contributed by atoms with van der Waals surface area (Å²) in [4.78, 5) is 37.9. The van der Waals surface area contributed by atoms with E-state index in [2.05, 4.69) is 11.4 Å². The number of allylic oxidation sites excluding steroid dienone is 2. The van der Waals surface area contributed by atoms with Gasteiger partial charge in [0.25, 0.3) is 0 Å². The lowest BCUT2D eigenvalue weighted by Crippen LogP contribution is -2.37. The van der Waals surface area contributed by atoms with Crippen molar-refractivity contribution in [3.63, 3.8) is 0 Å². The second-order valence-electron chi connectivity index (χ2n) is 6.86. The maximum Gasteiger partial charge on any atom is 0.336 e. The molecule has 1 aliphatic heterocycles. The molecule has 0 saturated heterocycles. The lowest BCUT2D eigenvalue weighted by molar-refractivity contribution is -0.152. The van der Waals surface area contributed by atoms with Gasteiger partial charge in [-0.15, -0.1) is 0 Å². The molecule has 0 aromatic carbocycles. The Hall–Kier alpha value is -4.06. The van der Waals surface area contributed by atoms with Gasteiger partial charge in [-0.1, -0.05) is 6.07 Å². The van der Waals surface area contributed by atoms with Crippen LogP contribution in [-0.2, 0) is 35.2 Å². The van der Waals surface area contributed by atoms with Crippen LogP contribution in [0.1, 0.15) is 25.0 Å². The fourth-order valence-electron chi connectivity index (χ4n) is 3.64. The molecule has 0 bridgehead atoms. The van der Waals surface area contributed by atoms with Crippen LogP contribution in [0.15, 0.2) is 53.1 Å². The maximum absolute atomic E-state index is 13.1. The van der Waals surface area contributed by atoms with Crippen LogP contribution >= 0.6 is 0 Å². The second kappa shape index (κ2) is 8.75. The molecule has 0 saturated carbocycles. The molecular formula is C22H21N3O6. The van der Waals surface area contributed by atoms with Crippen molar-refractivity contribution in [1.82, 2.24) is 9.72 Å². The normalized spacial score (nSPS) is 14.2. The minimum atomic E-state index is -1.33. The third kappa shape index (κ3) is 3.88. The molecule has 0 fully saturated rings. The SMILES string of the molecule is COC(=O)C1=C(C)NC(C)=C(C(=O)OC)C1C(=O)OCc1cn2ccccc2c1C#N. The molecule has 0 amide bonds. The highest BCUT2D eigenvalue weighted by Gasteiger charge is 2.42. The Morgan fingerprint density at radius 2 is 1.71 bits per heavy atom. The number of carbonyl (C=O) groups excluding carboxylic acids is 3. The summed E-state index contributed by atoms with van der Waals surface area (Å²) in [6.07, 6.45) is 3.46. The molecule has 160 valence electrons. The number of nitriles is 1. The molecule has 9 heteroatoms. The summed E-state index contributed by atoms with van der Waals surface area (Å²) in [6.45, 7) is 2.98. The lowest BCUT2D eigenvalue weighted by Gasteiger charge is -2.28. The van der Waals surface area contributed by atoms with Crippen LogP contribution in [0.2, 0.25) is 0 Å². The maximum atomic E-state index is 13.1. The third-order valence-electron chi connectivity index (χ3n) is 5.05. The van der Waals surface area contributed by atoms with E-state index in [4.69, 9.17) is 14.2 Å². The average molecular weight is 423 g/mol. The number of nitrogens with zero attached hydrogens (tertiary/aromatic N) is 2. The van der Waals surface area contributed by atoms with Crippen molar-refractivity contribution in [2.75, 3.05) is 14.2 Å². The average Bonchev–Trinajstić information content (AvgIpc) is 3.13. The largest absolute Gasteiger partial charge is 0.466 e. The van der Waals surface area contributed by atoms with Gasteiger partial charge in [0.2, 0.25) is 0 Å².